The second-order valence-corrected chi connectivity index (χ2v) is 5.57. The lowest BCUT2D eigenvalue weighted by Crippen LogP contribution is -2.46. The molecule has 0 radical (unpaired) electrons. The summed E-state index contributed by atoms with van der Waals surface area (Å²) in [5.74, 6) is -1.20. The van der Waals surface area contributed by atoms with Crippen LogP contribution in [0.4, 0.5) is 0 Å². The van der Waals surface area contributed by atoms with Crippen LogP contribution in [-0.4, -0.2) is 29.6 Å². The first-order chi connectivity index (χ1) is 9.99. The number of carbonyl (C=O) groups is 2. The third kappa shape index (κ3) is 3.74. The van der Waals surface area contributed by atoms with Gasteiger partial charge in [0, 0.05) is 0 Å². The summed E-state index contributed by atoms with van der Waals surface area (Å²) in [6.07, 6.45) is 1.07. The van der Waals surface area contributed by atoms with Gasteiger partial charge in [0.2, 0.25) is 5.91 Å². The van der Waals surface area contributed by atoms with E-state index in [1.807, 2.05) is 38.1 Å². The average Bonchev–Trinajstić information content (AvgIpc) is 2.37. The highest BCUT2D eigenvalue weighted by Crippen LogP contribution is 2.34. The van der Waals surface area contributed by atoms with Gasteiger partial charge in [-0.15, -0.1) is 0 Å². The molecular weight excluding hydrogens is 270 g/mol. The molecule has 5 heteroatoms. The van der Waals surface area contributed by atoms with Crippen LogP contribution in [0.5, 0.6) is 5.75 Å². The summed E-state index contributed by atoms with van der Waals surface area (Å²) in [6.45, 7) is 4.21. The molecule has 0 aliphatic heterocycles. The Morgan fingerprint density at radius 2 is 2.00 bits per heavy atom. The first-order valence-electron chi connectivity index (χ1n) is 7.22. The maximum atomic E-state index is 11.9. The molecule has 0 bridgehead atoms. The second kappa shape index (κ2) is 6.61. The molecule has 3 atom stereocenters. The number of hydrogen-bond acceptors (Lipinski definition) is 3. The molecule has 114 valence electrons. The molecule has 1 saturated carbocycles. The lowest BCUT2D eigenvalue weighted by Gasteiger charge is -2.32. The number of aliphatic carboxylic acids is 1. The molecule has 1 aromatic rings. The number of carboxylic acid groups (broad SMARTS) is 1. The Balaban J connectivity index is 1.79. The molecule has 3 unspecified atom stereocenters. The van der Waals surface area contributed by atoms with E-state index in [0.717, 1.165) is 11.3 Å². The van der Waals surface area contributed by atoms with E-state index in [9.17, 15) is 9.59 Å². The summed E-state index contributed by atoms with van der Waals surface area (Å²) in [4.78, 5) is 22.8. The molecule has 0 heterocycles. The van der Waals surface area contributed by atoms with E-state index in [1.54, 1.807) is 0 Å². The van der Waals surface area contributed by atoms with E-state index in [1.165, 1.54) is 0 Å². The van der Waals surface area contributed by atoms with Gasteiger partial charge in [-0.2, -0.15) is 0 Å². The van der Waals surface area contributed by atoms with Gasteiger partial charge in [-0.3, -0.25) is 9.59 Å². The Morgan fingerprint density at radius 1 is 1.33 bits per heavy atom. The molecule has 21 heavy (non-hydrogen) atoms. The molecule has 1 aliphatic carbocycles. The van der Waals surface area contributed by atoms with Gasteiger partial charge in [0.15, 0.2) is 0 Å². The van der Waals surface area contributed by atoms with E-state index in [2.05, 4.69) is 5.32 Å². The number of para-hydroxylation sites is 1. The van der Waals surface area contributed by atoms with Gasteiger partial charge in [0.25, 0.3) is 0 Å². The second-order valence-electron chi connectivity index (χ2n) is 5.57. The molecule has 2 N–H and O–H groups in total. The fourth-order valence-electron chi connectivity index (χ4n) is 2.43. The molecular formula is C16H21NO4. The predicted molar refractivity (Wildman–Crippen MR) is 78.1 cm³/mol. The molecule has 1 amide bonds. The van der Waals surface area contributed by atoms with Crippen LogP contribution in [0, 0.1) is 18.8 Å². The largest absolute Gasteiger partial charge is 0.489 e. The SMILES string of the molecule is Cc1ccccc1OC(C)CNC(=O)C1CCC1C(=O)O. The zero-order valence-electron chi connectivity index (χ0n) is 12.3. The number of aryl methyl sites for hydroxylation is 1. The number of amides is 1. The number of benzene rings is 1. The molecule has 1 fully saturated rings. The van der Waals surface area contributed by atoms with Gasteiger partial charge in [-0.25, -0.2) is 0 Å². The average molecular weight is 291 g/mol. The number of carboxylic acids is 1. The van der Waals surface area contributed by atoms with Crippen LogP contribution < -0.4 is 10.1 Å². The van der Waals surface area contributed by atoms with E-state index in [-0.39, 0.29) is 12.0 Å². The van der Waals surface area contributed by atoms with Gasteiger partial charge in [-0.05, 0) is 38.3 Å². The van der Waals surface area contributed by atoms with Crippen molar-refractivity contribution in [1.29, 1.82) is 0 Å². The van der Waals surface area contributed by atoms with Gasteiger partial charge in [0.1, 0.15) is 11.9 Å². The van der Waals surface area contributed by atoms with Crippen LogP contribution in [0.25, 0.3) is 0 Å². The van der Waals surface area contributed by atoms with Gasteiger partial charge >= 0.3 is 5.97 Å². The fraction of sp³-hybridized carbons (Fsp3) is 0.500. The standard InChI is InChI=1S/C16H21NO4/c1-10-5-3-4-6-14(10)21-11(2)9-17-15(18)12-7-8-13(12)16(19)20/h3-6,11-13H,7-9H2,1-2H3,(H,17,18)(H,19,20). The van der Waals surface area contributed by atoms with Crippen molar-refractivity contribution in [2.24, 2.45) is 11.8 Å². The first kappa shape index (κ1) is 15.4. The highest BCUT2D eigenvalue weighted by atomic mass is 16.5. The van der Waals surface area contributed by atoms with Crippen molar-refractivity contribution in [3.05, 3.63) is 29.8 Å². The van der Waals surface area contributed by atoms with Crippen molar-refractivity contribution in [2.75, 3.05) is 6.54 Å². The van der Waals surface area contributed by atoms with E-state index in [4.69, 9.17) is 9.84 Å². The third-order valence-electron chi connectivity index (χ3n) is 3.91. The summed E-state index contributed by atoms with van der Waals surface area (Å²) < 4.78 is 5.77. The smallest absolute Gasteiger partial charge is 0.307 e. The summed E-state index contributed by atoms with van der Waals surface area (Å²) in [6, 6.07) is 7.70. The van der Waals surface area contributed by atoms with Crippen LogP contribution in [0.1, 0.15) is 25.3 Å². The molecule has 1 aliphatic rings. The summed E-state index contributed by atoms with van der Waals surface area (Å²) in [7, 11) is 0. The Morgan fingerprint density at radius 3 is 2.57 bits per heavy atom. The number of carbonyl (C=O) groups excluding carboxylic acids is 1. The van der Waals surface area contributed by atoms with Crippen molar-refractivity contribution in [3.8, 4) is 5.75 Å². The van der Waals surface area contributed by atoms with Crippen molar-refractivity contribution >= 4 is 11.9 Å². The Bertz CT molecular complexity index is 529. The lowest BCUT2D eigenvalue weighted by molar-refractivity contribution is -0.152. The molecule has 0 saturated heterocycles. The summed E-state index contributed by atoms with van der Waals surface area (Å²) in [5, 5.41) is 11.7. The number of nitrogens with one attached hydrogen (secondary N) is 1. The van der Waals surface area contributed by atoms with Crippen LogP contribution in [0.15, 0.2) is 24.3 Å². The minimum Gasteiger partial charge on any atom is -0.489 e. The molecule has 0 spiro atoms. The van der Waals surface area contributed by atoms with Crippen molar-refractivity contribution in [2.45, 2.75) is 32.8 Å². The van der Waals surface area contributed by atoms with Crippen LogP contribution in [0.3, 0.4) is 0 Å². The Kier molecular flexibility index (Phi) is 4.83. The van der Waals surface area contributed by atoms with Crippen LogP contribution >= 0.6 is 0 Å². The molecule has 1 aromatic carbocycles. The van der Waals surface area contributed by atoms with Gasteiger partial charge < -0.3 is 15.2 Å². The molecule has 5 nitrogen and oxygen atoms in total. The summed E-state index contributed by atoms with van der Waals surface area (Å²) in [5.41, 5.74) is 1.04. The van der Waals surface area contributed by atoms with Crippen molar-refractivity contribution in [3.63, 3.8) is 0 Å². The van der Waals surface area contributed by atoms with Crippen LogP contribution in [-0.2, 0) is 9.59 Å². The van der Waals surface area contributed by atoms with Crippen LogP contribution in [0.2, 0.25) is 0 Å². The summed E-state index contributed by atoms with van der Waals surface area (Å²) >= 11 is 0. The zero-order valence-corrected chi connectivity index (χ0v) is 12.3. The number of ether oxygens (including phenoxy) is 1. The van der Waals surface area contributed by atoms with Crippen molar-refractivity contribution in [1.82, 2.24) is 5.32 Å². The van der Waals surface area contributed by atoms with E-state index < -0.39 is 17.8 Å². The van der Waals surface area contributed by atoms with E-state index >= 15 is 0 Å². The quantitative estimate of drug-likeness (QED) is 0.840. The maximum Gasteiger partial charge on any atom is 0.307 e. The van der Waals surface area contributed by atoms with E-state index in [0.29, 0.717) is 19.4 Å². The third-order valence-corrected chi connectivity index (χ3v) is 3.91. The number of rotatable bonds is 6. The highest BCUT2D eigenvalue weighted by Gasteiger charge is 2.41. The van der Waals surface area contributed by atoms with Crippen molar-refractivity contribution < 1.29 is 19.4 Å². The minimum atomic E-state index is -0.884. The normalized spacial score (nSPS) is 22.0. The topological polar surface area (TPSA) is 75.6 Å². The monoisotopic (exact) mass is 291 g/mol. The van der Waals surface area contributed by atoms with Gasteiger partial charge in [-0.1, -0.05) is 18.2 Å². The predicted octanol–water partition coefficient (Wildman–Crippen LogP) is 1.99. The Hall–Kier alpha value is -2.04. The first-order valence-corrected chi connectivity index (χ1v) is 7.22. The highest BCUT2D eigenvalue weighted by molar-refractivity contribution is 5.86. The van der Waals surface area contributed by atoms with Gasteiger partial charge in [0.05, 0.1) is 18.4 Å². The fourth-order valence-corrected chi connectivity index (χ4v) is 2.43. The minimum absolute atomic E-state index is 0.168. The number of hydrogen-bond donors (Lipinski definition) is 2. The molecule has 0 aromatic heterocycles. The lowest BCUT2D eigenvalue weighted by atomic mass is 9.73. The molecule has 2 rings (SSSR count). The maximum absolute atomic E-state index is 11.9. The zero-order chi connectivity index (χ0) is 15.4. The Labute approximate surface area is 124 Å².